The summed E-state index contributed by atoms with van der Waals surface area (Å²) in [6.07, 6.45) is 1.92. The summed E-state index contributed by atoms with van der Waals surface area (Å²) in [5.41, 5.74) is 4.57. The van der Waals surface area contributed by atoms with Gasteiger partial charge in [-0.05, 0) is 52.8 Å². The topological polar surface area (TPSA) is 49.8 Å². The third kappa shape index (κ3) is 3.76. The normalized spacial score (nSPS) is 15.8. The molecule has 1 aliphatic heterocycles. The number of hydrogen-bond donors (Lipinski definition) is 1. The second-order valence-corrected chi connectivity index (χ2v) is 9.77. The minimum Gasteiger partial charge on any atom is -0.507 e. The minimum atomic E-state index is -0.226. The fourth-order valence-corrected chi connectivity index (χ4v) is 3.75. The number of nitrogens with zero attached hydrogens (tertiary/aromatic N) is 1. The fraction of sp³-hybridized carbons (Fsp3) is 0.400. The quantitative estimate of drug-likeness (QED) is 0.684. The van der Waals surface area contributed by atoms with Crippen LogP contribution in [0.1, 0.15) is 63.8 Å². The molecule has 4 heteroatoms. The summed E-state index contributed by atoms with van der Waals surface area (Å²) in [7, 11) is 3.41. The first-order chi connectivity index (χ1) is 13.3. The molecule has 0 fully saturated rings. The van der Waals surface area contributed by atoms with Gasteiger partial charge in [-0.25, -0.2) is 0 Å². The van der Waals surface area contributed by atoms with Gasteiger partial charge in [0.1, 0.15) is 11.5 Å². The zero-order valence-electron chi connectivity index (χ0n) is 18.7. The van der Waals surface area contributed by atoms with Crippen LogP contribution >= 0.6 is 0 Å². The lowest BCUT2D eigenvalue weighted by atomic mass is 9.78. The lowest BCUT2D eigenvalue weighted by Gasteiger charge is -2.28. The molecule has 0 saturated heterocycles. The summed E-state index contributed by atoms with van der Waals surface area (Å²) in [6, 6.07) is 9.65. The van der Waals surface area contributed by atoms with Crippen molar-refractivity contribution in [3.05, 3.63) is 52.6 Å². The van der Waals surface area contributed by atoms with Crippen LogP contribution in [0.5, 0.6) is 11.5 Å². The number of amides is 1. The molecule has 0 atom stereocenters. The highest BCUT2D eigenvalue weighted by atomic mass is 16.5. The van der Waals surface area contributed by atoms with Gasteiger partial charge in [-0.15, -0.1) is 0 Å². The van der Waals surface area contributed by atoms with E-state index in [4.69, 9.17) is 4.74 Å². The molecule has 2 aromatic carbocycles. The van der Waals surface area contributed by atoms with Crippen molar-refractivity contribution in [2.75, 3.05) is 19.1 Å². The average molecular weight is 394 g/mol. The highest BCUT2D eigenvalue weighted by molar-refractivity contribution is 6.35. The van der Waals surface area contributed by atoms with Gasteiger partial charge in [0.05, 0.1) is 12.8 Å². The largest absolute Gasteiger partial charge is 0.507 e. The number of carbonyl (C=O) groups excluding carboxylic acids is 1. The summed E-state index contributed by atoms with van der Waals surface area (Å²) in [6.45, 7) is 12.5. The van der Waals surface area contributed by atoms with Gasteiger partial charge in [-0.3, -0.25) is 4.79 Å². The molecule has 1 amide bonds. The van der Waals surface area contributed by atoms with E-state index in [1.807, 2.05) is 36.4 Å². The summed E-state index contributed by atoms with van der Waals surface area (Å²) in [5, 5.41) is 11.0. The van der Waals surface area contributed by atoms with Gasteiger partial charge in [0.25, 0.3) is 5.91 Å². The van der Waals surface area contributed by atoms with Crippen LogP contribution in [-0.2, 0) is 15.6 Å². The Morgan fingerprint density at radius 3 is 2.00 bits per heavy atom. The molecule has 2 aromatic rings. The second-order valence-electron chi connectivity index (χ2n) is 9.77. The van der Waals surface area contributed by atoms with Crippen LogP contribution < -0.4 is 9.64 Å². The van der Waals surface area contributed by atoms with Crippen LogP contribution in [0.4, 0.5) is 5.69 Å². The first-order valence-electron chi connectivity index (χ1n) is 9.90. The van der Waals surface area contributed by atoms with Crippen molar-refractivity contribution in [1.29, 1.82) is 0 Å². The fourth-order valence-electron chi connectivity index (χ4n) is 3.75. The van der Waals surface area contributed by atoms with Gasteiger partial charge in [0.2, 0.25) is 0 Å². The van der Waals surface area contributed by atoms with Crippen LogP contribution in [0.2, 0.25) is 0 Å². The van der Waals surface area contributed by atoms with Crippen molar-refractivity contribution in [3.8, 4) is 11.5 Å². The second kappa shape index (κ2) is 6.94. The Kier molecular flexibility index (Phi) is 5.02. The van der Waals surface area contributed by atoms with Crippen LogP contribution in [-0.4, -0.2) is 25.2 Å². The van der Waals surface area contributed by atoms with E-state index in [0.29, 0.717) is 17.1 Å². The smallest absolute Gasteiger partial charge is 0.258 e. The van der Waals surface area contributed by atoms with Gasteiger partial charge in [0.15, 0.2) is 0 Å². The number of aromatic hydroxyl groups is 1. The third-order valence-electron chi connectivity index (χ3n) is 5.45. The van der Waals surface area contributed by atoms with E-state index in [1.165, 1.54) is 0 Å². The number of anilines is 1. The number of hydrogen-bond acceptors (Lipinski definition) is 3. The highest BCUT2D eigenvalue weighted by Crippen LogP contribution is 2.42. The van der Waals surface area contributed by atoms with E-state index in [-0.39, 0.29) is 16.7 Å². The monoisotopic (exact) mass is 393 g/mol. The molecule has 0 aliphatic carbocycles. The molecule has 154 valence electrons. The summed E-state index contributed by atoms with van der Waals surface area (Å²) in [4.78, 5) is 14.6. The van der Waals surface area contributed by atoms with Gasteiger partial charge < -0.3 is 14.7 Å². The van der Waals surface area contributed by atoms with E-state index in [0.717, 1.165) is 27.9 Å². The number of ether oxygens (including phenoxy) is 1. The molecule has 0 spiro atoms. The molecule has 1 aliphatic rings. The number of fused-ring (bicyclic) bond motifs is 1. The molecule has 3 rings (SSSR count). The Balaban J connectivity index is 2.25. The predicted molar refractivity (Wildman–Crippen MR) is 120 cm³/mol. The maximum atomic E-state index is 13.0. The van der Waals surface area contributed by atoms with Gasteiger partial charge in [0, 0.05) is 29.3 Å². The van der Waals surface area contributed by atoms with Crippen molar-refractivity contribution >= 4 is 23.2 Å². The standard InChI is InChI=1S/C25H31NO3/c1-24(2,3)19-12-15(13-20(22(19)27)25(4,5)6)11-18-17-14-16(29-8)9-10-21(17)26(7)23(18)28/h9-14,27H,1-8H3. The number of likely N-dealkylation sites (N-methyl/N-ethyl adjacent to an activating group) is 1. The molecule has 0 aromatic heterocycles. The Labute approximate surface area is 173 Å². The van der Waals surface area contributed by atoms with E-state index >= 15 is 0 Å². The number of benzene rings is 2. The summed E-state index contributed by atoms with van der Waals surface area (Å²) >= 11 is 0. The Hall–Kier alpha value is -2.75. The van der Waals surface area contributed by atoms with Crippen LogP contribution in [0.3, 0.4) is 0 Å². The molecule has 0 bridgehead atoms. The SMILES string of the molecule is COc1ccc2c(c1)C(=Cc1cc(C(C)(C)C)c(O)c(C(C)(C)C)c1)C(=O)N2C. The Morgan fingerprint density at radius 1 is 0.966 bits per heavy atom. The maximum absolute atomic E-state index is 13.0. The number of carbonyl (C=O) groups is 1. The van der Waals surface area contributed by atoms with Crippen molar-refractivity contribution in [2.45, 2.75) is 52.4 Å². The molecular formula is C25H31NO3. The Bertz CT molecular complexity index is 969. The van der Waals surface area contributed by atoms with Crippen LogP contribution in [0.25, 0.3) is 11.6 Å². The molecular weight excluding hydrogens is 362 g/mol. The van der Waals surface area contributed by atoms with E-state index in [2.05, 4.69) is 41.5 Å². The lowest BCUT2D eigenvalue weighted by molar-refractivity contribution is -0.112. The van der Waals surface area contributed by atoms with Crippen LogP contribution in [0, 0.1) is 0 Å². The number of phenolic OH excluding ortho intramolecular Hbond substituents is 1. The van der Waals surface area contributed by atoms with Gasteiger partial charge in [-0.1, -0.05) is 41.5 Å². The molecule has 0 saturated carbocycles. The average Bonchev–Trinajstić information content (AvgIpc) is 2.85. The number of phenols is 1. The maximum Gasteiger partial charge on any atom is 0.258 e. The molecule has 0 unspecified atom stereocenters. The number of methoxy groups -OCH3 is 1. The summed E-state index contributed by atoms with van der Waals surface area (Å²) in [5.74, 6) is 1.01. The molecule has 29 heavy (non-hydrogen) atoms. The third-order valence-corrected chi connectivity index (χ3v) is 5.45. The zero-order chi connectivity index (χ0) is 21.7. The van der Waals surface area contributed by atoms with Crippen LogP contribution in [0.15, 0.2) is 30.3 Å². The molecule has 4 nitrogen and oxygen atoms in total. The van der Waals surface area contributed by atoms with Gasteiger partial charge >= 0.3 is 0 Å². The molecule has 0 radical (unpaired) electrons. The van der Waals surface area contributed by atoms with E-state index < -0.39 is 0 Å². The predicted octanol–water partition coefficient (Wildman–Crippen LogP) is 5.51. The molecule has 1 heterocycles. The number of rotatable bonds is 2. The lowest BCUT2D eigenvalue weighted by Crippen LogP contribution is -2.20. The molecule has 1 N–H and O–H groups in total. The summed E-state index contributed by atoms with van der Waals surface area (Å²) < 4.78 is 5.36. The van der Waals surface area contributed by atoms with Gasteiger partial charge in [-0.2, -0.15) is 0 Å². The van der Waals surface area contributed by atoms with Crippen molar-refractivity contribution < 1.29 is 14.6 Å². The Morgan fingerprint density at radius 2 is 1.52 bits per heavy atom. The zero-order valence-corrected chi connectivity index (χ0v) is 18.7. The van der Waals surface area contributed by atoms with Crippen molar-refractivity contribution in [1.82, 2.24) is 0 Å². The highest BCUT2D eigenvalue weighted by Gasteiger charge is 2.31. The van der Waals surface area contributed by atoms with E-state index in [9.17, 15) is 9.90 Å². The first kappa shape index (κ1) is 21.0. The minimum absolute atomic E-state index is 0.0454. The van der Waals surface area contributed by atoms with Crippen molar-refractivity contribution in [3.63, 3.8) is 0 Å². The van der Waals surface area contributed by atoms with Crippen molar-refractivity contribution in [2.24, 2.45) is 0 Å². The first-order valence-corrected chi connectivity index (χ1v) is 9.90. The van der Waals surface area contributed by atoms with E-state index in [1.54, 1.807) is 19.1 Å².